The van der Waals surface area contributed by atoms with Crippen LogP contribution in [0.15, 0.2) is 18.2 Å². The third-order valence-corrected chi connectivity index (χ3v) is 5.97. The average molecular weight is 309 g/mol. The van der Waals surface area contributed by atoms with Gasteiger partial charge in [-0.25, -0.2) is 4.98 Å². The quantitative estimate of drug-likeness (QED) is 0.866. The Labute approximate surface area is 139 Å². The Hall–Kier alpha value is -1.61. The lowest BCUT2D eigenvalue weighted by Gasteiger charge is -2.23. The predicted molar refractivity (Wildman–Crippen MR) is 97.2 cm³/mol. The summed E-state index contributed by atoms with van der Waals surface area (Å²) in [5.41, 5.74) is 5.18. The standard InChI is InChI=1S/C20H27N3/c1-12-6-7-15-13(2)8-19(21-20(15)14(12)3)23-10-17-16(9-22(4)5)18(17)11-23/h6-8,16-18H,9-11H2,1-5H3/t16?,17-,18+. The minimum atomic E-state index is 0.883. The Morgan fingerprint density at radius 3 is 2.43 bits per heavy atom. The van der Waals surface area contributed by atoms with Crippen LogP contribution < -0.4 is 4.90 Å². The van der Waals surface area contributed by atoms with Gasteiger partial charge < -0.3 is 9.80 Å². The molecule has 3 heteroatoms. The molecule has 1 saturated heterocycles. The van der Waals surface area contributed by atoms with Crippen LogP contribution in [0.25, 0.3) is 10.9 Å². The monoisotopic (exact) mass is 309 g/mol. The molecule has 0 bridgehead atoms. The van der Waals surface area contributed by atoms with Gasteiger partial charge in [0.15, 0.2) is 0 Å². The van der Waals surface area contributed by atoms with E-state index in [9.17, 15) is 0 Å². The first-order valence-electron chi connectivity index (χ1n) is 8.73. The van der Waals surface area contributed by atoms with E-state index in [1.54, 1.807) is 0 Å². The van der Waals surface area contributed by atoms with Crippen molar-refractivity contribution in [3.63, 3.8) is 0 Å². The summed E-state index contributed by atoms with van der Waals surface area (Å²) < 4.78 is 0. The van der Waals surface area contributed by atoms with Gasteiger partial charge in [0.25, 0.3) is 0 Å². The van der Waals surface area contributed by atoms with E-state index in [4.69, 9.17) is 4.98 Å². The third-order valence-electron chi connectivity index (χ3n) is 5.97. The Balaban J connectivity index is 1.61. The highest BCUT2D eigenvalue weighted by Gasteiger charge is 2.55. The van der Waals surface area contributed by atoms with Crippen molar-refractivity contribution >= 4 is 16.7 Å². The number of hydrogen-bond acceptors (Lipinski definition) is 3. The fraction of sp³-hybridized carbons (Fsp3) is 0.550. The smallest absolute Gasteiger partial charge is 0.129 e. The zero-order valence-corrected chi connectivity index (χ0v) is 14.9. The van der Waals surface area contributed by atoms with E-state index in [-0.39, 0.29) is 0 Å². The Bertz CT molecular complexity index is 753. The van der Waals surface area contributed by atoms with Crippen LogP contribution in [0.3, 0.4) is 0 Å². The van der Waals surface area contributed by atoms with Crippen molar-refractivity contribution in [2.45, 2.75) is 20.8 Å². The molecule has 122 valence electrons. The number of anilines is 1. The number of aryl methyl sites for hydroxylation is 3. The molecular weight excluding hydrogens is 282 g/mol. The molecule has 23 heavy (non-hydrogen) atoms. The second-order valence-electron chi connectivity index (χ2n) is 7.86. The predicted octanol–water partition coefficient (Wildman–Crippen LogP) is 3.40. The highest BCUT2D eigenvalue weighted by molar-refractivity contribution is 5.87. The molecule has 3 nitrogen and oxygen atoms in total. The molecule has 0 spiro atoms. The summed E-state index contributed by atoms with van der Waals surface area (Å²) in [7, 11) is 4.37. The third kappa shape index (κ3) is 2.42. The van der Waals surface area contributed by atoms with Crippen LogP contribution in [-0.4, -0.2) is 43.6 Å². The SMILES string of the molecule is Cc1ccc2c(C)cc(N3C[C@@H]4C(CN(C)C)[C@@H]4C3)nc2c1C. The van der Waals surface area contributed by atoms with Crippen molar-refractivity contribution in [1.82, 2.24) is 9.88 Å². The summed E-state index contributed by atoms with van der Waals surface area (Å²) in [5.74, 6) is 3.86. The van der Waals surface area contributed by atoms with Crippen LogP contribution in [0.4, 0.5) is 5.82 Å². The van der Waals surface area contributed by atoms with Crippen LogP contribution in [-0.2, 0) is 0 Å². The van der Waals surface area contributed by atoms with E-state index in [0.717, 1.165) is 17.8 Å². The van der Waals surface area contributed by atoms with Gasteiger partial charge in [-0.05, 0) is 75.4 Å². The van der Waals surface area contributed by atoms with Crippen molar-refractivity contribution < 1.29 is 0 Å². The fourth-order valence-electron chi connectivity index (χ4n) is 4.37. The Kier molecular flexibility index (Phi) is 3.38. The molecule has 0 N–H and O–H groups in total. The van der Waals surface area contributed by atoms with Gasteiger partial charge in [0.1, 0.15) is 5.82 Å². The normalized spacial score (nSPS) is 26.2. The Morgan fingerprint density at radius 2 is 1.78 bits per heavy atom. The molecule has 2 heterocycles. The average Bonchev–Trinajstić information content (AvgIpc) is 2.95. The molecular formula is C20H27N3. The lowest BCUT2D eigenvalue weighted by atomic mass is 10.0. The van der Waals surface area contributed by atoms with Gasteiger partial charge in [-0.2, -0.15) is 0 Å². The molecule has 1 aromatic carbocycles. The van der Waals surface area contributed by atoms with Gasteiger partial charge in [-0.3, -0.25) is 0 Å². The first kappa shape index (κ1) is 14.9. The summed E-state index contributed by atoms with van der Waals surface area (Å²) in [6, 6.07) is 6.71. The van der Waals surface area contributed by atoms with Crippen molar-refractivity contribution in [3.05, 3.63) is 34.9 Å². The molecule has 1 saturated carbocycles. The van der Waals surface area contributed by atoms with Gasteiger partial charge in [0.2, 0.25) is 0 Å². The number of fused-ring (bicyclic) bond motifs is 2. The van der Waals surface area contributed by atoms with Crippen LogP contribution in [0.2, 0.25) is 0 Å². The highest BCUT2D eigenvalue weighted by atomic mass is 15.2. The number of rotatable bonds is 3. The van der Waals surface area contributed by atoms with Crippen LogP contribution in [0.5, 0.6) is 0 Å². The first-order valence-corrected chi connectivity index (χ1v) is 8.73. The topological polar surface area (TPSA) is 19.4 Å². The molecule has 2 fully saturated rings. The molecule has 3 atom stereocenters. The van der Waals surface area contributed by atoms with Crippen molar-refractivity contribution in [2.75, 3.05) is 38.6 Å². The maximum Gasteiger partial charge on any atom is 0.129 e. The summed E-state index contributed by atoms with van der Waals surface area (Å²) in [6.07, 6.45) is 0. The lowest BCUT2D eigenvalue weighted by Crippen LogP contribution is -2.28. The van der Waals surface area contributed by atoms with E-state index in [0.29, 0.717) is 0 Å². The highest BCUT2D eigenvalue weighted by Crippen LogP contribution is 2.52. The van der Waals surface area contributed by atoms with Crippen molar-refractivity contribution in [1.29, 1.82) is 0 Å². The number of benzene rings is 1. The molecule has 2 aromatic rings. The van der Waals surface area contributed by atoms with E-state index in [1.807, 2.05) is 0 Å². The zero-order valence-electron chi connectivity index (χ0n) is 14.9. The number of aromatic nitrogens is 1. The Morgan fingerprint density at radius 1 is 1.09 bits per heavy atom. The maximum absolute atomic E-state index is 5.03. The molecule has 1 unspecified atom stereocenters. The first-order chi connectivity index (χ1) is 11.0. The molecule has 4 rings (SSSR count). The second kappa shape index (κ2) is 5.20. The molecule has 0 radical (unpaired) electrons. The van der Waals surface area contributed by atoms with Gasteiger partial charge in [0.05, 0.1) is 5.52 Å². The minimum absolute atomic E-state index is 0.883. The van der Waals surface area contributed by atoms with E-state index >= 15 is 0 Å². The van der Waals surface area contributed by atoms with Crippen LogP contribution >= 0.6 is 0 Å². The summed E-state index contributed by atoms with van der Waals surface area (Å²) in [5, 5.41) is 1.30. The van der Waals surface area contributed by atoms with Crippen LogP contribution in [0, 0.1) is 38.5 Å². The zero-order chi connectivity index (χ0) is 16.3. The number of nitrogens with zero attached hydrogens (tertiary/aromatic N) is 3. The molecule has 1 aliphatic heterocycles. The van der Waals surface area contributed by atoms with E-state index in [1.165, 1.54) is 53.0 Å². The maximum atomic E-state index is 5.03. The molecule has 0 amide bonds. The van der Waals surface area contributed by atoms with Crippen LogP contribution in [0.1, 0.15) is 16.7 Å². The largest absolute Gasteiger partial charge is 0.356 e. The van der Waals surface area contributed by atoms with Gasteiger partial charge >= 0.3 is 0 Å². The number of hydrogen-bond donors (Lipinski definition) is 0. The molecule has 1 aromatic heterocycles. The van der Waals surface area contributed by atoms with Gasteiger partial charge in [-0.1, -0.05) is 12.1 Å². The lowest BCUT2D eigenvalue weighted by molar-refractivity contribution is 0.366. The van der Waals surface area contributed by atoms with Gasteiger partial charge in [-0.15, -0.1) is 0 Å². The molecule has 1 aliphatic carbocycles. The summed E-state index contributed by atoms with van der Waals surface area (Å²) in [4.78, 5) is 9.88. The minimum Gasteiger partial charge on any atom is -0.356 e. The fourth-order valence-corrected chi connectivity index (χ4v) is 4.37. The van der Waals surface area contributed by atoms with E-state index < -0.39 is 0 Å². The number of piperidine rings is 1. The van der Waals surface area contributed by atoms with Crippen molar-refractivity contribution in [3.8, 4) is 0 Å². The van der Waals surface area contributed by atoms with Gasteiger partial charge in [0, 0.05) is 25.0 Å². The summed E-state index contributed by atoms with van der Waals surface area (Å²) >= 11 is 0. The van der Waals surface area contributed by atoms with Crippen molar-refractivity contribution in [2.24, 2.45) is 17.8 Å². The summed E-state index contributed by atoms with van der Waals surface area (Å²) in [6.45, 7) is 10.2. The molecule has 2 aliphatic rings. The van der Waals surface area contributed by atoms with E-state index in [2.05, 4.69) is 62.9 Å². The number of pyridine rings is 1. The second-order valence-corrected chi connectivity index (χ2v) is 7.86.